The maximum absolute atomic E-state index is 5.65. The van der Waals surface area contributed by atoms with Crippen molar-refractivity contribution in [2.24, 2.45) is 4.99 Å². The summed E-state index contributed by atoms with van der Waals surface area (Å²) in [7, 11) is 0. The van der Waals surface area contributed by atoms with Crippen molar-refractivity contribution < 1.29 is 4.74 Å². The van der Waals surface area contributed by atoms with E-state index in [0.29, 0.717) is 12.1 Å². The molecular weight excluding hydrogens is 463 g/mol. The molecule has 1 aliphatic heterocycles. The molecule has 5 nitrogen and oxygen atoms in total. The molecule has 2 fully saturated rings. The number of benzene rings is 1. The number of ether oxygens (including phenoxy) is 1. The van der Waals surface area contributed by atoms with Gasteiger partial charge in [-0.05, 0) is 37.8 Å². The normalized spacial score (nSPS) is 21.8. The minimum atomic E-state index is 0. The fraction of sp³-hybridized carbons (Fsp3) is 0.682. The summed E-state index contributed by atoms with van der Waals surface area (Å²) >= 11 is 0. The number of guanidine groups is 1. The van der Waals surface area contributed by atoms with Crippen LogP contribution >= 0.6 is 24.0 Å². The van der Waals surface area contributed by atoms with Crippen LogP contribution in [0.2, 0.25) is 0 Å². The van der Waals surface area contributed by atoms with Crippen molar-refractivity contribution >= 4 is 29.9 Å². The topological polar surface area (TPSA) is 48.9 Å². The quantitative estimate of drug-likeness (QED) is 0.353. The van der Waals surface area contributed by atoms with Gasteiger partial charge in [0.1, 0.15) is 0 Å². The molecule has 1 saturated carbocycles. The molecule has 2 aliphatic rings. The maximum Gasteiger partial charge on any atom is 0.191 e. The number of nitrogens with one attached hydrogen (secondary N) is 2. The molecule has 1 heterocycles. The van der Waals surface area contributed by atoms with Gasteiger partial charge in [-0.15, -0.1) is 24.0 Å². The van der Waals surface area contributed by atoms with Crippen molar-refractivity contribution in [3.05, 3.63) is 35.4 Å². The lowest BCUT2D eigenvalue weighted by atomic mass is 9.96. The van der Waals surface area contributed by atoms with E-state index >= 15 is 0 Å². The molecular formula is C22H37IN4O. The Labute approximate surface area is 187 Å². The summed E-state index contributed by atoms with van der Waals surface area (Å²) in [6.45, 7) is 9.75. The Bertz CT molecular complexity index is 604. The minimum absolute atomic E-state index is 0. The van der Waals surface area contributed by atoms with Crippen molar-refractivity contribution in [3.63, 3.8) is 0 Å². The highest BCUT2D eigenvalue weighted by Crippen LogP contribution is 2.17. The molecule has 3 rings (SSSR count). The van der Waals surface area contributed by atoms with Crippen molar-refractivity contribution in [3.8, 4) is 0 Å². The molecule has 0 spiro atoms. The van der Waals surface area contributed by atoms with Crippen LogP contribution in [0.25, 0.3) is 0 Å². The van der Waals surface area contributed by atoms with Crippen LogP contribution in [0.1, 0.15) is 57.1 Å². The van der Waals surface area contributed by atoms with Crippen molar-refractivity contribution in [1.82, 2.24) is 15.5 Å². The van der Waals surface area contributed by atoms with E-state index < -0.39 is 0 Å². The Morgan fingerprint density at radius 3 is 2.75 bits per heavy atom. The Hall–Kier alpha value is -0.860. The Balaban J connectivity index is 0.00000280. The summed E-state index contributed by atoms with van der Waals surface area (Å²) in [5, 5.41) is 7.03. The summed E-state index contributed by atoms with van der Waals surface area (Å²) in [5.41, 5.74) is 2.64. The molecule has 0 radical (unpaired) electrons. The molecule has 1 unspecified atom stereocenters. The number of rotatable bonds is 6. The van der Waals surface area contributed by atoms with Gasteiger partial charge < -0.3 is 15.4 Å². The van der Waals surface area contributed by atoms with Gasteiger partial charge in [-0.2, -0.15) is 0 Å². The van der Waals surface area contributed by atoms with Crippen molar-refractivity contribution in [1.29, 1.82) is 0 Å². The summed E-state index contributed by atoms with van der Waals surface area (Å²) < 4.78 is 5.65. The number of hydrogen-bond acceptors (Lipinski definition) is 3. The van der Waals surface area contributed by atoms with Crippen LogP contribution in [0.5, 0.6) is 0 Å². The number of aliphatic imine (C=N–C) groups is 1. The van der Waals surface area contributed by atoms with E-state index in [1.165, 1.54) is 43.2 Å². The first-order valence-electron chi connectivity index (χ1n) is 10.7. The van der Waals surface area contributed by atoms with Crippen molar-refractivity contribution in [2.45, 2.75) is 71.2 Å². The van der Waals surface area contributed by atoms with Gasteiger partial charge >= 0.3 is 0 Å². The first kappa shape index (κ1) is 23.4. The van der Waals surface area contributed by atoms with Crippen molar-refractivity contribution in [2.75, 3.05) is 26.2 Å². The number of hydrogen-bond donors (Lipinski definition) is 2. The predicted octanol–water partition coefficient (Wildman–Crippen LogP) is 3.91. The summed E-state index contributed by atoms with van der Waals surface area (Å²) in [4.78, 5) is 7.32. The number of morpholine rings is 1. The molecule has 2 N–H and O–H groups in total. The van der Waals surface area contributed by atoms with Gasteiger partial charge in [-0.25, -0.2) is 4.99 Å². The minimum Gasteiger partial charge on any atom is -0.376 e. The molecule has 0 aromatic heterocycles. The lowest BCUT2D eigenvalue weighted by Crippen LogP contribution is -2.44. The average Bonchev–Trinajstić information content (AvgIpc) is 2.67. The van der Waals surface area contributed by atoms with Crippen LogP contribution in [0, 0.1) is 0 Å². The molecule has 1 aromatic carbocycles. The fourth-order valence-electron chi connectivity index (χ4n) is 4.05. The van der Waals surface area contributed by atoms with E-state index in [0.717, 1.165) is 45.3 Å². The van der Waals surface area contributed by atoms with Gasteiger partial charge in [0, 0.05) is 32.2 Å². The second-order valence-corrected chi connectivity index (χ2v) is 7.91. The van der Waals surface area contributed by atoms with Crippen LogP contribution in [-0.4, -0.2) is 49.2 Å². The standard InChI is InChI=1S/C22H36N4O.HI/c1-3-23-22(25-21-10-5-4-6-11-21)24-15-19-8-7-9-20(14-19)17-26-12-13-27-18(2)16-26;/h7-9,14,18,21H,3-6,10-13,15-17H2,1-2H3,(H2,23,24,25);1H. The third-order valence-corrected chi connectivity index (χ3v) is 5.43. The highest BCUT2D eigenvalue weighted by molar-refractivity contribution is 14.0. The van der Waals surface area contributed by atoms with Gasteiger partial charge in [0.25, 0.3) is 0 Å². The monoisotopic (exact) mass is 500 g/mol. The van der Waals surface area contributed by atoms with Gasteiger partial charge in [-0.1, -0.05) is 43.5 Å². The molecule has 28 heavy (non-hydrogen) atoms. The molecule has 1 aromatic rings. The summed E-state index contributed by atoms with van der Waals surface area (Å²) in [6, 6.07) is 9.43. The zero-order valence-electron chi connectivity index (χ0n) is 17.5. The van der Waals surface area contributed by atoms with E-state index in [1.54, 1.807) is 0 Å². The maximum atomic E-state index is 5.65. The second-order valence-electron chi connectivity index (χ2n) is 7.91. The molecule has 1 atom stereocenters. The van der Waals surface area contributed by atoms with Crippen LogP contribution < -0.4 is 10.6 Å². The summed E-state index contributed by atoms with van der Waals surface area (Å²) in [5.74, 6) is 0.955. The van der Waals surface area contributed by atoms with Gasteiger partial charge in [0.05, 0.1) is 19.3 Å². The number of halogens is 1. The smallest absolute Gasteiger partial charge is 0.191 e. The van der Waals surface area contributed by atoms with Crippen LogP contribution in [0.15, 0.2) is 29.3 Å². The van der Waals surface area contributed by atoms with Crippen LogP contribution in [0.4, 0.5) is 0 Å². The van der Waals surface area contributed by atoms with Crippen LogP contribution in [0.3, 0.4) is 0 Å². The third-order valence-electron chi connectivity index (χ3n) is 5.43. The average molecular weight is 500 g/mol. The predicted molar refractivity (Wildman–Crippen MR) is 127 cm³/mol. The molecule has 158 valence electrons. The van der Waals surface area contributed by atoms with Crippen LogP contribution in [-0.2, 0) is 17.8 Å². The third kappa shape index (κ3) is 7.87. The first-order chi connectivity index (χ1) is 13.2. The van der Waals surface area contributed by atoms with E-state index in [4.69, 9.17) is 9.73 Å². The summed E-state index contributed by atoms with van der Waals surface area (Å²) in [6.07, 6.45) is 6.90. The zero-order valence-corrected chi connectivity index (χ0v) is 19.8. The second kappa shape index (κ2) is 12.6. The Morgan fingerprint density at radius 2 is 2.00 bits per heavy atom. The van der Waals surface area contributed by atoms with E-state index in [9.17, 15) is 0 Å². The lowest BCUT2D eigenvalue weighted by molar-refractivity contribution is -0.0212. The highest BCUT2D eigenvalue weighted by atomic mass is 127. The molecule has 6 heteroatoms. The van der Waals surface area contributed by atoms with E-state index in [2.05, 4.69) is 53.6 Å². The molecule has 0 amide bonds. The largest absolute Gasteiger partial charge is 0.376 e. The molecule has 1 aliphatic carbocycles. The number of nitrogens with zero attached hydrogens (tertiary/aromatic N) is 2. The van der Waals surface area contributed by atoms with E-state index in [-0.39, 0.29) is 24.0 Å². The Kier molecular flexibility index (Phi) is 10.6. The van der Waals surface area contributed by atoms with Gasteiger partial charge in [-0.3, -0.25) is 4.90 Å². The van der Waals surface area contributed by atoms with E-state index in [1.807, 2.05) is 0 Å². The zero-order chi connectivity index (χ0) is 18.9. The first-order valence-corrected chi connectivity index (χ1v) is 10.7. The van der Waals surface area contributed by atoms with Gasteiger partial charge in [0.15, 0.2) is 5.96 Å². The Morgan fingerprint density at radius 1 is 1.21 bits per heavy atom. The molecule has 1 saturated heterocycles. The van der Waals surface area contributed by atoms with Gasteiger partial charge in [0.2, 0.25) is 0 Å². The lowest BCUT2D eigenvalue weighted by Gasteiger charge is -2.31. The molecule has 0 bridgehead atoms. The highest BCUT2D eigenvalue weighted by Gasteiger charge is 2.17. The fourth-order valence-corrected chi connectivity index (χ4v) is 4.05. The SMILES string of the molecule is CCNC(=NCc1cccc(CN2CCOC(C)C2)c1)NC1CCCCC1.I.